The molecule has 7 nitrogen and oxygen atoms in total. The van der Waals surface area contributed by atoms with Crippen molar-refractivity contribution in [1.82, 2.24) is 15.0 Å². The normalized spacial score (nSPS) is 11.4. The zero-order chi connectivity index (χ0) is 24.1. The SMILES string of the molecule is COc1ccc(-n2c(SCC(=O)NN=C(C)c3ccc(Br)cc3)nc3ccccc3c2=O)cc1. The maximum absolute atomic E-state index is 13.3. The molecule has 34 heavy (non-hydrogen) atoms. The summed E-state index contributed by atoms with van der Waals surface area (Å²) in [6, 6.07) is 21.9. The van der Waals surface area contributed by atoms with Crippen LogP contribution >= 0.6 is 27.7 Å². The van der Waals surface area contributed by atoms with Gasteiger partial charge in [0.2, 0.25) is 0 Å². The Hall–Kier alpha value is -3.43. The number of hydrogen-bond acceptors (Lipinski definition) is 6. The molecule has 0 spiro atoms. The number of carbonyl (C=O) groups excluding carboxylic acids is 1. The van der Waals surface area contributed by atoms with Crippen LogP contribution in [0.15, 0.2) is 92.3 Å². The Balaban J connectivity index is 1.58. The predicted octanol–water partition coefficient (Wildman–Crippen LogP) is 4.79. The summed E-state index contributed by atoms with van der Waals surface area (Å²) >= 11 is 4.57. The number of benzene rings is 3. The Kier molecular flexibility index (Phi) is 7.44. The van der Waals surface area contributed by atoms with E-state index >= 15 is 0 Å². The van der Waals surface area contributed by atoms with Gasteiger partial charge in [-0.3, -0.25) is 14.2 Å². The van der Waals surface area contributed by atoms with Crippen LogP contribution in [0.25, 0.3) is 16.6 Å². The van der Waals surface area contributed by atoms with Crippen molar-refractivity contribution in [2.45, 2.75) is 12.1 Å². The van der Waals surface area contributed by atoms with Gasteiger partial charge in [0.25, 0.3) is 11.5 Å². The number of aromatic nitrogens is 2. The highest BCUT2D eigenvalue weighted by Crippen LogP contribution is 2.22. The summed E-state index contributed by atoms with van der Waals surface area (Å²) < 4.78 is 7.70. The van der Waals surface area contributed by atoms with Crippen molar-refractivity contribution in [2.24, 2.45) is 5.10 Å². The average molecular weight is 537 g/mol. The molecule has 4 rings (SSSR count). The van der Waals surface area contributed by atoms with Gasteiger partial charge in [-0.15, -0.1) is 0 Å². The van der Waals surface area contributed by atoms with Gasteiger partial charge in [0.05, 0.1) is 35.2 Å². The van der Waals surface area contributed by atoms with Crippen LogP contribution in [-0.2, 0) is 4.79 Å². The van der Waals surface area contributed by atoms with E-state index in [1.807, 2.05) is 37.3 Å². The number of nitrogens with zero attached hydrogens (tertiary/aromatic N) is 3. The third-order valence-corrected chi connectivity index (χ3v) is 6.49. The van der Waals surface area contributed by atoms with Crippen LogP contribution < -0.4 is 15.7 Å². The van der Waals surface area contributed by atoms with Gasteiger partial charge in [-0.2, -0.15) is 5.10 Å². The van der Waals surface area contributed by atoms with E-state index in [0.29, 0.717) is 33.2 Å². The van der Waals surface area contributed by atoms with Gasteiger partial charge >= 0.3 is 0 Å². The summed E-state index contributed by atoms with van der Waals surface area (Å²) in [7, 11) is 1.58. The molecule has 0 atom stereocenters. The summed E-state index contributed by atoms with van der Waals surface area (Å²) in [6.07, 6.45) is 0. The second-order valence-corrected chi connectivity index (χ2v) is 9.14. The molecular formula is C25H21BrN4O3S. The molecule has 0 unspecified atom stereocenters. The number of rotatable bonds is 7. The topological polar surface area (TPSA) is 85.6 Å². The van der Waals surface area contributed by atoms with Crippen LogP contribution in [0.3, 0.4) is 0 Å². The summed E-state index contributed by atoms with van der Waals surface area (Å²) in [5.41, 5.74) is 5.17. The zero-order valence-electron chi connectivity index (χ0n) is 18.5. The molecule has 4 aromatic rings. The van der Waals surface area contributed by atoms with Gasteiger partial charge in [-0.05, 0) is 61.0 Å². The zero-order valence-corrected chi connectivity index (χ0v) is 20.9. The van der Waals surface area contributed by atoms with Gasteiger partial charge in [-0.1, -0.05) is 52.0 Å². The summed E-state index contributed by atoms with van der Waals surface area (Å²) in [5.74, 6) is 0.418. The Morgan fingerprint density at radius 1 is 1.09 bits per heavy atom. The highest BCUT2D eigenvalue weighted by Gasteiger charge is 2.15. The molecule has 1 N–H and O–H groups in total. The van der Waals surface area contributed by atoms with Crippen molar-refractivity contribution in [3.8, 4) is 11.4 Å². The smallest absolute Gasteiger partial charge is 0.266 e. The molecule has 0 saturated heterocycles. The number of carbonyl (C=O) groups is 1. The standard InChI is InChI=1S/C25H21BrN4O3S/c1-16(17-7-9-18(26)10-8-17)28-29-23(31)15-34-25-27-22-6-4-3-5-21(22)24(32)30(25)19-11-13-20(33-2)14-12-19/h3-14H,15H2,1-2H3,(H,29,31). The number of amides is 1. The highest BCUT2D eigenvalue weighted by molar-refractivity contribution is 9.10. The molecule has 9 heteroatoms. The molecule has 1 amide bonds. The molecule has 0 aliphatic heterocycles. The number of hydrazone groups is 1. The molecule has 0 aliphatic carbocycles. The van der Waals surface area contributed by atoms with Crippen LogP contribution in [0.1, 0.15) is 12.5 Å². The first-order valence-corrected chi connectivity index (χ1v) is 12.1. The van der Waals surface area contributed by atoms with Gasteiger partial charge in [0.15, 0.2) is 5.16 Å². The summed E-state index contributed by atoms with van der Waals surface area (Å²) in [4.78, 5) is 30.5. The van der Waals surface area contributed by atoms with E-state index in [2.05, 4.69) is 31.4 Å². The van der Waals surface area contributed by atoms with E-state index in [-0.39, 0.29) is 17.2 Å². The number of nitrogens with one attached hydrogen (secondary N) is 1. The molecule has 0 saturated carbocycles. The van der Waals surface area contributed by atoms with Crippen LogP contribution in [-0.4, -0.2) is 34.0 Å². The number of ether oxygens (including phenoxy) is 1. The van der Waals surface area contributed by atoms with E-state index in [1.165, 1.54) is 16.3 Å². The lowest BCUT2D eigenvalue weighted by Gasteiger charge is -2.13. The molecule has 3 aromatic carbocycles. The predicted molar refractivity (Wildman–Crippen MR) is 139 cm³/mol. The monoisotopic (exact) mass is 536 g/mol. The first-order valence-electron chi connectivity index (χ1n) is 10.3. The fourth-order valence-corrected chi connectivity index (χ4v) is 4.30. The van der Waals surface area contributed by atoms with Crippen molar-refractivity contribution in [3.05, 3.63) is 93.2 Å². The maximum Gasteiger partial charge on any atom is 0.266 e. The average Bonchev–Trinajstić information content (AvgIpc) is 2.86. The number of hydrogen-bond donors (Lipinski definition) is 1. The second-order valence-electron chi connectivity index (χ2n) is 7.28. The highest BCUT2D eigenvalue weighted by atomic mass is 79.9. The van der Waals surface area contributed by atoms with E-state index < -0.39 is 0 Å². The fraction of sp³-hybridized carbons (Fsp3) is 0.120. The van der Waals surface area contributed by atoms with E-state index in [9.17, 15) is 9.59 Å². The van der Waals surface area contributed by atoms with Crippen LogP contribution in [0.2, 0.25) is 0 Å². The number of para-hydroxylation sites is 1. The van der Waals surface area contributed by atoms with Gasteiger partial charge in [-0.25, -0.2) is 10.4 Å². The first-order chi connectivity index (χ1) is 16.5. The number of methoxy groups -OCH3 is 1. The second kappa shape index (κ2) is 10.7. The van der Waals surface area contributed by atoms with Gasteiger partial charge in [0.1, 0.15) is 5.75 Å². The summed E-state index contributed by atoms with van der Waals surface area (Å²) in [6.45, 7) is 1.82. The van der Waals surface area contributed by atoms with Gasteiger partial charge < -0.3 is 4.74 Å². The van der Waals surface area contributed by atoms with Crippen molar-refractivity contribution in [1.29, 1.82) is 0 Å². The largest absolute Gasteiger partial charge is 0.497 e. The van der Waals surface area contributed by atoms with Crippen LogP contribution in [0.5, 0.6) is 5.75 Å². The number of halogens is 1. The molecule has 1 aromatic heterocycles. The van der Waals surface area contributed by atoms with Crippen LogP contribution in [0.4, 0.5) is 0 Å². The summed E-state index contributed by atoms with van der Waals surface area (Å²) in [5, 5.41) is 5.11. The van der Waals surface area contributed by atoms with Crippen LogP contribution in [0, 0.1) is 0 Å². The lowest BCUT2D eigenvalue weighted by atomic mass is 10.1. The lowest BCUT2D eigenvalue weighted by Crippen LogP contribution is -2.24. The number of fused-ring (bicyclic) bond motifs is 1. The Morgan fingerprint density at radius 2 is 1.79 bits per heavy atom. The molecular weight excluding hydrogens is 516 g/mol. The minimum atomic E-state index is -0.301. The Bertz CT molecular complexity index is 1420. The molecule has 172 valence electrons. The molecule has 0 bridgehead atoms. The van der Waals surface area contributed by atoms with E-state index in [0.717, 1.165) is 10.0 Å². The molecule has 0 fully saturated rings. The van der Waals surface area contributed by atoms with Crippen molar-refractivity contribution >= 4 is 50.2 Å². The van der Waals surface area contributed by atoms with Crippen molar-refractivity contribution in [2.75, 3.05) is 12.9 Å². The maximum atomic E-state index is 13.3. The fourth-order valence-electron chi connectivity index (χ4n) is 3.23. The van der Waals surface area contributed by atoms with Gasteiger partial charge in [0, 0.05) is 4.47 Å². The quantitative estimate of drug-likeness (QED) is 0.159. The van der Waals surface area contributed by atoms with Crippen molar-refractivity contribution < 1.29 is 9.53 Å². The van der Waals surface area contributed by atoms with E-state index in [4.69, 9.17) is 4.74 Å². The van der Waals surface area contributed by atoms with Crippen molar-refractivity contribution in [3.63, 3.8) is 0 Å². The first kappa shape index (κ1) is 23.7. The van der Waals surface area contributed by atoms with E-state index in [1.54, 1.807) is 49.6 Å². The number of thioether (sulfide) groups is 1. The third-order valence-electron chi connectivity index (χ3n) is 5.02. The molecule has 1 heterocycles. The minimum Gasteiger partial charge on any atom is -0.497 e. The minimum absolute atomic E-state index is 0.0397. The Morgan fingerprint density at radius 3 is 2.50 bits per heavy atom. The lowest BCUT2D eigenvalue weighted by molar-refractivity contribution is -0.118. The third kappa shape index (κ3) is 5.37. The Labute approximate surface area is 209 Å². The molecule has 0 radical (unpaired) electrons. The molecule has 0 aliphatic rings.